The van der Waals surface area contributed by atoms with Crippen LogP contribution in [0.5, 0.6) is 5.75 Å². The lowest BCUT2D eigenvalue weighted by molar-refractivity contribution is -0.141. The number of aliphatic carboxylic acids is 1. The summed E-state index contributed by atoms with van der Waals surface area (Å²) in [6.07, 6.45) is 1.77. The van der Waals surface area contributed by atoms with Crippen LogP contribution in [-0.4, -0.2) is 31.2 Å². The zero-order valence-electron chi connectivity index (χ0n) is 16.8. The molecule has 0 spiro atoms. The number of nitrogens with zero attached hydrogens (tertiary/aromatic N) is 1. The Labute approximate surface area is 170 Å². The van der Waals surface area contributed by atoms with Crippen molar-refractivity contribution in [3.8, 4) is 5.75 Å². The van der Waals surface area contributed by atoms with Crippen LogP contribution >= 0.6 is 0 Å². The Hall–Kier alpha value is -3.00. The van der Waals surface area contributed by atoms with Gasteiger partial charge in [-0.25, -0.2) is 8.42 Å². The fourth-order valence-corrected chi connectivity index (χ4v) is 5.04. The molecule has 0 fully saturated rings. The number of rotatable bonds is 7. The second-order valence-electron chi connectivity index (χ2n) is 7.15. The molecular formula is C21H24N2O5S. The van der Waals surface area contributed by atoms with Crippen LogP contribution in [0.25, 0.3) is 10.9 Å². The van der Waals surface area contributed by atoms with Gasteiger partial charge in [-0.3, -0.25) is 9.52 Å². The summed E-state index contributed by atoms with van der Waals surface area (Å²) in [6, 6.07) is 10.5. The van der Waals surface area contributed by atoms with Gasteiger partial charge in [0.25, 0.3) is 10.0 Å². The number of aryl methyl sites for hydroxylation is 2. The third-order valence-electron chi connectivity index (χ3n) is 4.86. The molecule has 0 saturated heterocycles. The number of methoxy groups -OCH3 is 1. The van der Waals surface area contributed by atoms with Gasteiger partial charge in [0.1, 0.15) is 5.75 Å². The smallest absolute Gasteiger partial charge is 0.308 e. The van der Waals surface area contributed by atoms with Crippen molar-refractivity contribution >= 4 is 32.6 Å². The molecule has 3 rings (SSSR count). The van der Waals surface area contributed by atoms with Crippen LogP contribution in [0.2, 0.25) is 0 Å². The Bertz CT molecular complexity index is 1160. The Kier molecular flexibility index (Phi) is 5.57. The highest BCUT2D eigenvalue weighted by atomic mass is 32.2. The molecule has 2 aromatic carbocycles. The summed E-state index contributed by atoms with van der Waals surface area (Å²) in [7, 11) is -2.33. The Balaban J connectivity index is 2.06. The highest BCUT2D eigenvalue weighted by Crippen LogP contribution is 2.31. The summed E-state index contributed by atoms with van der Waals surface area (Å²) >= 11 is 0. The molecular weight excluding hydrogens is 392 g/mol. The standard InChI is InChI=1S/C21H24N2O5S/c1-13-10-17(28-4)11-14(2)20(13)29(26,27)22-18-7-5-6-16-8-9-23(19(16)18)12-15(3)21(24)25/h5-11,15,22H,12H2,1-4H3,(H,24,25). The van der Waals surface area contributed by atoms with Crippen LogP contribution in [0.15, 0.2) is 47.5 Å². The SMILES string of the molecule is COc1cc(C)c(S(=O)(=O)Nc2cccc3ccn(CC(C)C(=O)O)c23)c(C)c1. The van der Waals surface area contributed by atoms with Crippen molar-refractivity contribution in [2.75, 3.05) is 11.8 Å². The lowest BCUT2D eigenvalue weighted by Crippen LogP contribution is -2.18. The molecule has 1 heterocycles. The van der Waals surface area contributed by atoms with Gasteiger partial charge < -0.3 is 14.4 Å². The number of sulfonamides is 1. The van der Waals surface area contributed by atoms with Crippen LogP contribution in [0.3, 0.4) is 0 Å². The van der Waals surface area contributed by atoms with Gasteiger partial charge in [0, 0.05) is 18.1 Å². The number of ether oxygens (including phenoxy) is 1. The van der Waals surface area contributed by atoms with Crippen molar-refractivity contribution in [1.82, 2.24) is 4.57 Å². The van der Waals surface area contributed by atoms with Crippen molar-refractivity contribution in [1.29, 1.82) is 0 Å². The number of hydrogen-bond acceptors (Lipinski definition) is 4. The number of para-hydroxylation sites is 1. The number of carboxylic acids is 1. The van der Waals surface area contributed by atoms with E-state index in [1.807, 2.05) is 12.1 Å². The van der Waals surface area contributed by atoms with Crippen molar-refractivity contribution in [2.45, 2.75) is 32.2 Å². The fourth-order valence-electron chi connectivity index (χ4n) is 3.52. The van der Waals surface area contributed by atoms with E-state index in [9.17, 15) is 18.3 Å². The average Bonchev–Trinajstić information content (AvgIpc) is 3.04. The van der Waals surface area contributed by atoms with E-state index in [4.69, 9.17) is 4.74 Å². The van der Waals surface area contributed by atoms with Crippen molar-refractivity contribution in [2.24, 2.45) is 5.92 Å². The topological polar surface area (TPSA) is 97.6 Å². The fraction of sp³-hybridized carbons (Fsp3) is 0.286. The monoisotopic (exact) mass is 416 g/mol. The first-order chi connectivity index (χ1) is 13.6. The van der Waals surface area contributed by atoms with E-state index in [1.54, 1.807) is 55.8 Å². The van der Waals surface area contributed by atoms with E-state index in [1.165, 1.54) is 7.11 Å². The zero-order valence-corrected chi connectivity index (χ0v) is 17.6. The molecule has 7 nitrogen and oxygen atoms in total. The zero-order chi connectivity index (χ0) is 21.3. The number of nitrogens with one attached hydrogen (secondary N) is 1. The highest BCUT2D eigenvalue weighted by Gasteiger charge is 2.23. The summed E-state index contributed by atoms with van der Waals surface area (Å²) in [5.41, 5.74) is 2.21. The van der Waals surface area contributed by atoms with Gasteiger partial charge >= 0.3 is 5.97 Å². The number of aromatic nitrogens is 1. The maximum Gasteiger partial charge on any atom is 0.308 e. The third kappa shape index (κ3) is 4.07. The lowest BCUT2D eigenvalue weighted by atomic mass is 10.1. The quantitative estimate of drug-likeness (QED) is 0.611. The molecule has 0 bridgehead atoms. The van der Waals surface area contributed by atoms with Gasteiger partial charge in [0.15, 0.2) is 0 Å². The van der Waals surface area contributed by atoms with Gasteiger partial charge in [-0.05, 0) is 49.2 Å². The van der Waals surface area contributed by atoms with Gasteiger partial charge in [0.05, 0.1) is 29.1 Å². The van der Waals surface area contributed by atoms with Gasteiger partial charge in [-0.15, -0.1) is 0 Å². The van der Waals surface area contributed by atoms with E-state index in [0.29, 0.717) is 28.1 Å². The van der Waals surface area contributed by atoms with Gasteiger partial charge in [-0.2, -0.15) is 0 Å². The van der Waals surface area contributed by atoms with E-state index in [0.717, 1.165) is 5.39 Å². The first-order valence-corrected chi connectivity index (χ1v) is 10.6. The van der Waals surface area contributed by atoms with E-state index in [-0.39, 0.29) is 11.4 Å². The third-order valence-corrected chi connectivity index (χ3v) is 6.53. The number of carboxylic acid groups (broad SMARTS) is 1. The van der Waals surface area contributed by atoms with Crippen LogP contribution in [0, 0.1) is 19.8 Å². The summed E-state index contributed by atoms with van der Waals surface area (Å²) in [5, 5.41) is 10.1. The van der Waals surface area contributed by atoms with Crippen molar-refractivity contribution in [3.05, 3.63) is 53.7 Å². The summed E-state index contributed by atoms with van der Waals surface area (Å²) < 4.78 is 36.1. The van der Waals surface area contributed by atoms with Crippen molar-refractivity contribution < 1.29 is 23.1 Å². The molecule has 0 saturated carbocycles. The molecule has 8 heteroatoms. The number of hydrogen-bond donors (Lipinski definition) is 2. The number of anilines is 1. The van der Waals surface area contributed by atoms with Crippen LogP contribution < -0.4 is 9.46 Å². The average molecular weight is 416 g/mol. The minimum absolute atomic E-state index is 0.201. The van der Waals surface area contributed by atoms with E-state index < -0.39 is 21.9 Å². The molecule has 0 amide bonds. The highest BCUT2D eigenvalue weighted by molar-refractivity contribution is 7.92. The van der Waals surface area contributed by atoms with Gasteiger partial charge in [0.2, 0.25) is 0 Å². The number of carbonyl (C=O) groups is 1. The lowest BCUT2D eigenvalue weighted by Gasteiger charge is -2.16. The first-order valence-electron chi connectivity index (χ1n) is 9.12. The molecule has 2 N–H and O–H groups in total. The molecule has 1 unspecified atom stereocenters. The second-order valence-corrected chi connectivity index (χ2v) is 8.77. The summed E-state index contributed by atoms with van der Waals surface area (Å²) in [6.45, 7) is 5.30. The van der Waals surface area contributed by atoms with E-state index >= 15 is 0 Å². The van der Waals surface area contributed by atoms with Crippen LogP contribution in [-0.2, 0) is 21.4 Å². The second kappa shape index (κ2) is 7.79. The molecule has 1 aromatic heterocycles. The summed E-state index contributed by atoms with van der Waals surface area (Å²) in [4.78, 5) is 11.5. The maximum absolute atomic E-state index is 13.2. The minimum Gasteiger partial charge on any atom is -0.497 e. The van der Waals surface area contributed by atoms with E-state index in [2.05, 4.69) is 4.72 Å². The first kappa shape index (κ1) is 20.7. The molecule has 3 aromatic rings. The van der Waals surface area contributed by atoms with Crippen molar-refractivity contribution in [3.63, 3.8) is 0 Å². The molecule has 0 aliphatic heterocycles. The number of benzene rings is 2. The Morgan fingerprint density at radius 3 is 2.45 bits per heavy atom. The minimum atomic E-state index is -3.87. The predicted octanol–water partition coefficient (Wildman–Crippen LogP) is 3.79. The molecule has 0 aliphatic rings. The molecule has 29 heavy (non-hydrogen) atoms. The maximum atomic E-state index is 13.2. The van der Waals surface area contributed by atoms with Crippen LogP contribution in [0.4, 0.5) is 5.69 Å². The Morgan fingerprint density at radius 2 is 1.86 bits per heavy atom. The Morgan fingerprint density at radius 1 is 1.21 bits per heavy atom. The number of fused-ring (bicyclic) bond motifs is 1. The summed E-state index contributed by atoms with van der Waals surface area (Å²) in [5.74, 6) is -0.923. The molecule has 1 atom stereocenters. The normalized spacial score (nSPS) is 12.7. The molecule has 0 radical (unpaired) electrons. The van der Waals surface area contributed by atoms with Crippen LogP contribution in [0.1, 0.15) is 18.1 Å². The van der Waals surface area contributed by atoms with Gasteiger partial charge in [-0.1, -0.05) is 19.1 Å². The molecule has 0 aliphatic carbocycles. The predicted molar refractivity (Wildman–Crippen MR) is 112 cm³/mol. The molecule has 154 valence electrons. The largest absolute Gasteiger partial charge is 0.497 e.